The van der Waals surface area contributed by atoms with Crippen molar-refractivity contribution in [1.29, 1.82) is 0 Å². The largest absolute Gasteiger partial charge is 0.480 e. The van der Waals surface area contributed by atoms with Crippen LogP contribution < -0.4 is 10.6 Å². The molecular formula is C14H25N3O3. The molecule has 2 fully saturated rings. The summed E-state index contributed by atoms with van der Waals surface area (Å²) < 4.78 is 0. The van der Waals surface area contributed by atoms with E-state index in [0.29, 0.717) is 13.1 Å². The van der Waals surface area contributed by atoms with Gasteiger partial charge in [0.25, 0.3) is 0 Å². The van der Waals surface area contributed by atoms with Gasteiger partial charge >= 0.3 is 12.0 Å². The van der Waals surface area contributed by atoms with Crippen LogP contribution in [0, 0.1) is 5.92 Å². The molecule has 3 N–H and O–H groups in total. The highest BCUT2D eigenvalue weighted by Gasteiger charge is 2.31. The molecule has 114 valence electrons. The summed E-state index contributed by atoms with van der Waals surface area (Å²) in [6.45, 7) is 3.02. The van der Waals surface area contributed by atoms with Crippen molar-refractivity contribution >= 4 is 12.0 Å². The van der Waals surface area contributed by atoms with Crippen molar-refractivity contribution in [2.75, 3.05) is 26.2 Å². The third-order valence-electron chi connectivity index (χ3n) is 4.29. The number of carbonyl (C=O) groups is 2. The Kier molecular flexibility index (Phi) is 5.64. The standard InChI is InChI=1S/C14H25N3O3/c18-13(19)12(11-5-2-1-3-6-11)16-14(20)17-9-4-7-15-8-10-17/h11-12,15H,1-10H2,(H,16,20)(H,18,19). The molecule has 1 aliphatic heterocycles. The first-order chi connectivity index (χ1) is 9.68. The first-order valence-electron chi connectivity index (χ1n) is 7.67. The number of rotatable bonds is 3. The van der Waals surface area contributed by atoms with Crippen LogP contribution >= 0.6 is 0 Å². The molecule has 20 heavy (non-hydrogen) atoms. The molecule has 0 spiro atoms. The summed E-state index contributed by atoms with van der Waals surface area (Å²) in [5.74, 6) is -0.825. The molecule has 1 unspecified atom stereocenters. The zero-order valence-corrected chi connectivity index (χ0v) is 11.9. The maximum absolute atomic E-state index is 12.2. The fourth-order valence-corrected chi connectivity index (χ4v) is 3.12. The van der Waals surface area contributed by atoms with Gasteiger partial charge in [-0.05, 0) is 31.7 Å². The lowest BCUT2D eigenvalue weighted by Crippen LogP contribution is -2.52. The average Bonchev–Trinajstić information content (AvgIpc) is 2.74. The second-order valence-electron chi connectivity index (χ2n) is 5.75. The van der Waals surface area contributed by atoms with Crippen molar-refractivity contribution < 1.29 is 14.7 Å². The molecule has 1 heterocycles. The fraction of sp³-hybridized carbons (Fsp3) is 0.857. The number of urea groups is 1. The van der Waals surface area contributed by atoms with Gasteiger partial charge in [-0.1, -0.05) is 19.3 Å². The third kappa shape index (κ3) is 4.10. The van der Waals surface area contributed by atoms with Crippen LogP contribution in [0.5, 0.6) is 0 Å². The smallest absolute Gasteiger partial charge is 0.326 e. The van der Waals surface area contributed by atoms with E-state index in [1.807, 2.05) is 0 Å². The van der Waals surface area contributed by atoms with Crippen LogP contribution in [0.1, 0.15) is 38.5 Å². The molecule has 1 saturated heterocycles. The molecule has 0 aromatic rings. The Morgan fingerprint density at radius 2 is 1.85 bits per heavy atom. The molecule has 6 nitrogen and oxygen atoms in total. The number of aliphatic carboxylic acids is 1. The zero-order valence-electron chi connectivity index (χ0n) is 11.9. The van der Waals surface area contributed by atoms with Gasteiger partial charge in [-0.3, -0.25) is 0 Å². The summed E-state index contributed by atoms with van der Waals surface area (Å²) >= 11 is 0. The molecule has 0 radical (unpaired) electrons. The van der Waals surface area contributed by atoms with E-state index >= 15 is 0 Å². The van der Waals surface area contributed by atoms with Crippen molar-refractivity contribution in [3.8, 4) is 0 Å². The van der Waals surface area contributed by atoms with Gasteiger partial charge in [-0.15, -0.1) is 0 Å². The quantitative estimate of drug-likeness (QED) is 0.722. The Balaban J connectivity index is 1.92. The number of hydrogen-bond acceptors (Lipinski definition) is 3. The minimum absolute atomic E-state index is 0.0790. The highest BCUT2D eigenvalue weighted by Crippen LogP contribution is 2.26. The van der Waals surface area contributed by atoms with Crippen molar-refractivity contribution in [1.82, 2.24) is 15.5 Å². The Hall–Kier alpha value is -1.30. The lowest BCUT2D eigenvalue weighted by Gasteiger charge is -2.30. The molecule has 1 atom stereocenters. The van der Waals surface area contributed by atoms with Gasteiger partial charge in [0.2, 0.25) is 0 Å². The van der Waals surface area contributed by atoms with Gasteiger partial charge in [0.15, 0.2) is 0 Å². The Bertz CT molecular complexity index is 335. The number of carbonyl (C=O) groups excluding carboxylic acids is 1. The summed E-state index contributed by atoms with van der Waals surface area (Å²) in [7, 11) is 0. The van der Waals surface area contributed by atoms with Crippen LogP contribution in [-0.2, 0) is 4.79 Å². The van der Waals surface area contributed by atoms with Crippen LogP contribution in [0.3, 0.4) is 0 Å². The minimum atomic E-state index is -0.904. The number of carboxylic acid groups (broad SMARTS) is 1. The summed E-state index contributed by atoms with van der Waals surface area (Å²) in [6.07, 6.45) is 6.02. The van der Waals surface area contributed by atoms with Crippen molar-refractivity contribution in [3.63, 3.8) is 0 Å². The fourth-order valence-electron chi connectivity index (χ4n) is 3.12. The normalized spacial score (nSPS) is 22.9. The van der Waals surface area contributed by atoms with Gasteiger partial charge in [0.1, 0.15) is 6.04 Å². The Morgan fingerprint density at radius 3 is 2.55 bits per heavy atom. The first-order valence-corrected chi connectivity index (χ1v) is 7.67. The van der Waals surface area contributed by atoms with E-state index in [9.17, 15) is 14.7 Å². The Morgan fingerprint density at radius 1 is 1.10 bits per heavy atom. The third-order valence-corrected chi connectivity index (χ3v) is 4.29. The van der Waals surface area contributed by atoms with E-state index in [-0.39, 0.29) is 11.9 Å². The zero-order chi connectivity index (χ0) is 14.4. The SMILES string of the molecule is O=C(O)C(NC(=O)N1CCCNCC1)C1CCCCC1. The number of nitrogens with zero attached hydrogens (tertiary/aromatic N) is 1. The molecule has 0 aromatic heterocycles. The van der Waals surface area contributed by atoms with Crippen LogP contribution in [0.2, 0.25) is 0 Å². The van der Waals surface area contributed by atoms with Gasteiger partial charge in [-0.25, -0.2) is 9.59 Å². The van der Waals surface area contributed by atoms with E-state index in [1.54, 1.807) is 4.90 Å². The molecule has 0 aromatic carbocycles. The summed E-state index contributed by atoms with van der Waals surface area (Å²) in [5.41, 5.74) is 0. The lowest BCUT2D eigenvalue weighted by atomic mass is 9.84. The van der Waals surface area contributed by atoms with E-state index in [4.69, 9.17) is 0 Å². The molecule has 1 saturated carbocycles. The van der Waals surface area contributed by atoms with Crippen molar-refractivity contribution in [3.05, 3.63) is 0 Å². The van der Waals surface area contributed by atoms with Gasteiger partial charge in [0, 0.05) is 19.6 Å². The maximum Gasteiger partial charge on any atom is 0.326 e. The van der Waals surface area contributed by atoms with Crippen LogP contribution in [0.4, 0.5) is 4.79 Å². The lowest BCUT2D eigenvalue weighted by molar-refractivity contribution is -0.141. The van der Waals surface area contributed by atoms with Crippen molar-refractivity contribution in [2.24, 2.45) is 5.92 Å². The molecular weight excluding hydrogens is 258 g/mol. The van der Waals surface area contributed by atoms with E-state index in [1.165, 1.54) is 6.42 Å². The number of amides is 2. The van der Waals surface area contributed by atoms with Gasteiger partial charge in [0.05, 0.1) is 0 Å². The highest BCUT2D eigenvalue weighted by atomic mass is 16.4. The number of nitrogens with one attached hydrogen (secondary N) is 2. The van der Waals surface area contributed by atoms with E-state index in [0.717, 1.165) is 45.2 Å². The maximum atomic E-state index is 12.2. The second-order valence-corrected chi connectivity index (χ2v) is 5.75. The summed E-state index contributed by atoms with van der Waals surface area (Å²) in [4.78, 5) is 25.4. The van der Waals surface area contributed by atoms with Gasteiger partial charge < -0.3 is 20.6 Å². The van der Waals surface area contributed by atoms with E-state index in [2.05, 4.69) is 10.6 Å². The highest BCUT2D eigenvalue weighted by molar-refractivity contribution is 5.82. The molecule has 2 amide bonds. The summed E-state index contributed by atoms with van der Waals surface area (Å²) in [5, 5.41) is 15.4. The monoisotopic (exact) mass is 283 g/mol. The average molecular weight is 283 g/mol. The topological polar surface area (TPSA) is 81.7 Å². The molecule has 2 rings (SSSR count). The number of carboxylic acids is 1. The van der Waals surface area contributed by atoms with Crippen LogP contribution in [-0.4, -0.2) is 54.2 Å². The predicted octanol–water partition coefficient (Wildman–Crippen LogP) is 1.02. The molecule has 1 aliphatic carbocycles. The summed E-state index contributed by atoms with van der Waals surface area (Å²) in [6, 6.07) is -0.967. The van der Waals surface area contributed by atoms with E-state index < -0.39 is 12.0 Å². The molecule has 0 bridgehead atoms. The second kappa shape index (κ2) is 7.47. The van der Waals surface area contributed by atoms with Crippen LogP contribution in [0.15, 0.2) is 0 Å². The van der Waals surface area contributed by atoms with Gasteiger partial charge in [-0.2, -0.15) is 0 Å². The Labute approximate surface area is 119 Å². The first kappa shape index (κ1) is 15.1. The van der Waals surface area contributed by atoms with Crippen LogP contribution in [0.25, 0.3) is 0 Å². The minimum Gasteiger partial charge on any atom is -0.480 e. The van der Waals surface area contributed by atoms with Crippen molar-refractivity contribution in [2.45, 2.75) is 44.6 Å². The predicted molar refractivity (Wildman–Crippen MR) is 75.6 cm³/mol. The number of hydrogen-bond donors (Lipinski definition) is 3. The molecule has 2 aliphatic rings. The molecule has 6 heteroatoms.